The van der Waals surface area contributed by atoms with E-state index in [0.29, 0.717) is 5.56 Å². The van der Waals surface area contributed by atoms with Crippen LogP contribution in [0.5, 0.6) is 23.0 Å². The lowest BCUT2D eigenvalue weighted by Crippen LogP contribution is -2.10. The van der Waals surface area contributed by atoms with Crippen LogP contribution in [0.4, 0.5) is 8.78 Å². The van der Waals surface area contributed by atoms with Gasteiger partial charge in [0.1, 0.15) is 0 Å². The van der Waals surface area contributed by atoms with Crippen molar-refractivity contribution in [1.82, 2.24) is 0 Å². The number of allylic oxidation sites excluding steroid dienone is 1. The second kappa shape index (κ2) is 10.1. The SMILES string of the molecule is COc1cc(C(=O)C=Cc2ccc(OC)c(OC(F)F)c2)ccc1OCC(=O)O. The molecule has 154 valence electrons. The molecule has 0 aromatic heterocycles. The van der Waals surface area contributed by atoms with E-state index in [2.05, 4.69) is 4.74 Å². The molecule has 0 radical (unpaired) electrons. The van der Waals surface area contributed by atoms with E-state index in [1.54, 1.807) is 6.07 Å². The van der Waals surface area contributed by atoms with Gasteiger partial charge in [0.2, 0.25) is 0 Å². The molecule has 2 aromatic rings. The Hall–Kier alpha value is -3.62. The van der Waals surface area contributed by atoms with Crippen LogP contribution in [0.25, 0.3) is 6.08 Å². The number of carboxylic acid groups (broad SMARTS) is 1. The minimum Gasteiger partial charge on any atom is -0.493 e. The van der Waals surface area contributed by atoms with Crippen molar-refractivity contribution in [3.8, 4) is 23.0 Å². The first-order valence-corrected chi connectivity index (χ1v) is 8.22. The summed E-state index contributed by atoms with van der Waals surface area (Å²) in [5.41, 5.74) is 0.710. The molecule has 7 nitrogen and oxygen atoms in total. The lowest BCUT2D eigenvalue weighted by molar-refractivity contribution is -0.139. The average Bonchev–Trinajstić information content (AvgIpc) is 2.69. The van der Waals surface area contributed by atoms with Crippen molar-refractivity contribution in [2.45, 2.75) is 6.61 Å². The van der Waals surface area contributed by atoms with Gasteiger partial charge in [0, 0.05) is 5.56 Å². The molecule has 9 heteroatoms. The summed E-state index contributed by atoms with van der Waals surface area (Å²) in [5.74, 6) is -1.18. The summed E-state index contributed by atoms with van der Waals surface area (Å²) < 4.78 is 44.6. The van der Waals surface area contributed by atoms with Gasteiger partial charge in [-0.25, -0.2) is 4.79 Å². The third-order valence-electron chi connectivity index (χ3n) is 3.63. The number of ether oxygens (including phenoxy) is 4. The van der Waals surface area contributed by atoms with Gasteiger partial charge < -0.3 is 24.1 Å². The number of carbonyl (C=O) groups excluding carboxylic acids is 1. The molecule has 0 bridgehead atoms. The number of aliphatic carboxylic acids is 1. The second-order valence-electron chi connectivity index (χ2n) is 5.53. The highest BCUT2D eigenvalue weighted by atomic mass is 19.3. The molecule has 0 aliphatic rings. The molecule has 0 aliphatic heterocycles. The summed E-state index contributed by atoms with van der Waals surface area (Å²) in [4.78, 5) is 23.0. The quantitative estimate of drug-likeness (QED) is 0.474. The number of benzene rings is 2. The molecule has 0 amide bonds. The predicted octanol–water partition coefficient (Wildman–Crippen LogP) is 3.66. The van der Waals surface area contributed by atoms with Gasteiger partial charge in [-0.15, -0.1) is 0 Å². The van der Waals surface area contributed by atoms with E-state index in [0.717, 1.165) is 0 Å². The van der Waals surface area contributed by atoms with Crippen molar-refractivity contribution in [2.75, 3.05) is 20.8 Å². The largest absolute Gasteiger partial charge is 0.493 e. The molecule has 2 rings (SSSR count). The summed E-state index contributed by atoms with van der Waals surface area (Å²) in [6.45, 7) is -3.57. The van der Waals surface area contributed by atoms with Crippen LogP contribution in [-0.2, 0) is 4.79 Å². The van der Waals surface area contributed by atoms with Gasteiger partial charge >= 0.3 is 12.6 Å². The summed E-state index contributed by atoms with van der Waals surface area (Å²) >= 11 is 0. The molecular formula is C20H18F2O7. The summed E-state index contributed by atoms with van der Waals surface area (Å²) in [7, 11) is 2.68. The standard InChI is InChI=1S/C20H18F2O7/c1-26-15-7-4-12(9-18(15)29-20(21)22)3-6-14(23)13-5-8-16(17(10-13)27-2)28-11-19(24)25/h3-10,20H,11H2,1-2H3,(H,24,25). The van der Waals surface area contributed by atoms with Gasteiger partial charge in [-0.2, -0.15) is 8.78 Å². The molecule has 2 aromatic carbocycles. The van der Waals surface area contributed by atoms with Crippen molar-refractivity contribution in [3.63, 3.8) is 0 Å². The molecule has 0 saturated carbocycles. The minimum atomic E-state index is -3.01. The number of carboxylic acids is 1. The Morgan fingerprint density at radius 3 is 2.31 bits per heavy atom. The number of hydrogen-bond donors (Lipinski definition) is 1. The number of halogens is 2. The Balaban J connectivity index is 2.19. The number of alkyl halides is 2. The van der Waals surface area contributed by atoms with E-state index in [9.17, 15) is 18.4 Å². The molecule has 1 N–H and O–H groups in total. The zero-order chi connectivity index (χ0) is 21.4. The summed E-state index contributed by atoms with van der Waals surface area (Å²) in [5, 5.41) is 8.67. The van der Waals surface area contributed by atoms with Crippen LogP contribution >= 0.6 is 0 Å². The molecule has 0 aliphatic carbocycles. The van der Waals surface area contributed by atoms with E-state index in [1.165, 1.54) is 56.7 Å². The Bertz CT molecular complexity index is 910. The van der Waals surface area contributed by atoms with Crippen LogP contribution < -0.4 is 18.9 Å². The maximum Gasteiger partial charge on any atom is 0.387 e. The van der Waals surface area contributed by atoms with Gasteiger partial charge in [0.05, 0.1) is 14.2 Å². The van der Waals surface area contributed by atoms with Gasteiger partial charge in [0.25, 0.3) is 0 Å². The van der Waals surface area contributed by atoms with Crippen LogP contribution in [0.3, 0.4) is 0 Å². The van der Waals surface area contributed by atoms with Crippen molar-refractivity contribution >= 4 is 17.8 Å². The van der Waals surface area contributed by atoms with Crippen LogP contribution in [0.2, 0.25) is 0 Å². The van der Waals surface area contributed by atoms with E-state index in [-0.39, 0.29) is 34.3 Å². The van der Waals surface area contributed by atoms with Crippen LogP contribution in [0.1, 0.15) is 15.9 Å². The van der Waals surface area contributed by atoms with E-state index < -0.39 is 19.2 Å². The molecule has 0 saturated heterocycles. The molecular weight excluding hydrogens is 390 g/mol. The normalized spacial score (nSPS) is 10.8. The van der Waals surface area contributed by atoms with E-state index in [1.807, 2.05) is 0 Å². The minimum absolute atomic E-state index is 0.135. The van der Waals surface area contributed by atoms with Crippen molar-refractivity contribution < 1.29 is 42.4 Å². The highest BCUT2D eigenvalue weighted by molar-refractivity contribution is 6.07. The van der Waals surface area contributed by atoms with E-state index >= 15 is 0 Å². The molecule has 0 heterocycles. The Kier molecular flexibility index (Phi) is 7.53. The number of carbonyl (C=O) groups is 2. The van der Waals surface area contributed by atoms with Gasteiger partial charge in [-0.3, -0.25) is 4.79 Å². The number of methoxy groups -OCH3 is 2. The smallest absolute Gasteiger partial charge is 0.387 e. The number of ketones is 1. The maximum atomic E-state index is 12.5. The third kappa shape index (κ3) is 6.20. The predicted molar refractivity (Wildman–Crippen MR) is 99.1 cm³/mol. The summed E-state index contributed by atoms with van der Waals surface area (Å²) in [6.07, 6.45) is 2.68. The van der Waals surface area contributed by atoms with Crippen molar-refractivity contribution in [1.29, 1.82) is 0 Å². The zero-order valence-corrected chi connectivity index (χ0v) is 15.6. The fourth-order valence-electron chi connectivity index (χ4n) is 2.33. The average molecular weight is 408 g/mol. The fraction of sp³-hybridized carbons (Fsp3) is 0.200. The topological polar surface area (TPSA) is 91.3 Å². The number of hydrogen-bond acceptors (Lipinski definition) is 6. The Morgan fingerprint density at radius 1 is 1.00 bits per heavy atom. The maximum absolute atomic E-state index is 12.5. The highest BCUT2D eigenvalue weighted by Crippen LogP contribution is 2.31. The van der Waals surface area contributed by atoms with Gasteiger partial charge in [-0.05, 0) is 42.0 Å². The van der Waals surface area contributed by atoms with E-state index in [4.69, 9.17) is 19.3 Å². The van der Waals surface area contributed by atoms with Crippen LogP contribution in [-0.4, -0.2) is 44.3 Å². The molecule has 0 atom stereocenters. The third-order valence-corrected chi connectivity index (χ3v) is 3.63. The Labute approximate surface area is 165 Å². The molecule has 0 spiro atoms. The van der Waals surface area contributed by atoms with Crippen LogP contribution in [0.15, 0.2) is 42.5 Å². The van der Waals surface area contributed by atoms with Crippen LogP contribution in [0, 0.1) is 0 Å². The van der Waals surface area contributed by atoms with Gasteiger partial charge in [0.15, 0.2) is 35.4 Å². The first kappa shape index (κ1) is 21.7. The monoisotopic (exact) mass is 408 g/mol. The lowest BCUT2D eigenvalue weighted by Gasteiger charge is -2.10. The molecule has 0 fully saturated rings. The Morgan fingerprint density at radius 2 is 1.69 bits per heavy atom. The first-order valence-electron chi connectivity index (χ1n) is 8.22. The summed E-state index contributed by atoms with van der Waals surface area (Å²) in [6, 6.07) is 8.61. The van der Waals surface area contributed by atoms with Crippen molar-refractivity contribution in [2.24, 2.45) is 0 Å². The van der Waals surface area contributed by atoms with Gasteiger partial charge in [-0.1, -0.05) is 12.1 Å². The first-order chi connectivity index (χ1) is 13.8. The van der Waals surface area contributed by atoms with Crippen molar-refractivity contribution in [3.05, 3.63) is 53.6 Å². The number of rotatable bonds is 10. The molecule has 29 heavy (non-hydrogen) atoms. The zero-order valence-electron chi connectivity index (χ0n) is 15.6. The highest BCUT2D eigenvalue weighted by Gasteiger charge is 2.12. The fourth-order valence-corrected chi connectivity index (χ4v) is 2.33. The lowest BCUT2D eigenvalue weighted by atomic mass is 10.1. The second-order valence-corrected chi connectivity index (χ2v) is 5.53. The molecule has 0 unspecified atom stereocenters.